The fourth-order valence-electron chi connectivity index (χ4n) is 2.72. The number of likely N-dealkylation sites (tertiary alicyclic amines) is 1. The monoisotopic (exact) mass is 291 g/mol. The third-order valence-corrected chi connectivity index (χ3v) is 3.94. The number of nitrogens with one attached hydrogen (secondary N) is 1. The number of methoxy groups -OCH3 is 1. The first-order valence-corrected chi connectivity index (χ1v) is 7.53. The first-order valence-electron chi connectivity index (χ1n) is 7.53. The van der Waals surface area contributed by atoms with Crippen molar-refractivity contribution in [3.63, 3.8) is 0 Å². The number of benzene rings is 1. The molecule has 2 atom stereocenters. The highest BCUT2D eigenvalue weighted by molar-refractivity contribution is 5.80. The molecule has 0 bridgehead atoms. The van der Waals surface area contributed by atoms with E-state index in [0.717, 1.165) is 18.8 Å². The number of ether oxygens (including phenoxy) is 1. The van der Waals surface area contributed by atoms with Gasteiger partial charge in [-0.15, -0.1) is 0 Å². The number of nitrogens with two attached hydrogens (primary N) is 1. The second kappa shape index (κ2) is 7.43. The molecule has 1 heterocycles. The number of carbonyl (C=O) groups excluding carboxylic acids is 1. The van der Waals surface area contributed by atoms with Gasteiger partial charge in [0, 0.05) is 6.54 Å². The van der Waals surface area contributed by atoms with Gasteiger partial charge < -0.3 is 15.8 Å². The predicted molar refractivity (Wildman–Crippen MR) is 83.2 cm³/mol. The summed E-state index contributed by atoms with van der Waals surface area (Å²) in [6.45, 7) is 4.41. The molecule has 5 heteroatoms. The second-order valence-electron chi connectivity index (χ2n) is 5.57. The van der Waals surface area contributed by atoms with Crippen LogP contribution in [0.2, 0.25) is 0 Å². The average molecular weight is 291 g/mol. The summed E-state index contributed by atoms with van der Waals surface area (Å²) in [5.74, 6) is 0.734. The zero-order valence-corrected chi connectivity index (χ0v) is 12.8. The highest BCUT2D eigenvalue weighted by atomic mass is 16.5. The Hall–Kier alpha value is -1.59. The lowest BCUT2D eigenvalue weighted by molar-refractivity contribution is -0.122. The SMILES string of the molecule is COc1cccc(C(CNC(=O)C(C)N)N2CCCC2)c1. The van der Waals surface area contributed by atoms with E-state index in [-0.39, 0.29) is 11.9 Å². The van der Waals surface area contributed by atoms with Crippen LogP contribution in [0.15, 0.2) is 24.3 Å². The molecule has 2 unspecified atom stereocenters. The Morgan fingerprint density at radius 1 is 1.43 bits per heavy atom. The first-order chi connectivity index (χ1) is 10.1. The Bertz CT molecular complexity index is 470. The lowest BCUT2D eigenvalue weighted by atomic mass is 10.0. The average Bonchev–Trinajstić information content (AvgIpc) is 3.01. The highest BCUT2D eigenvalue weighted by Crippen LogP contribution is 2.27. The molecule has 1 aliphatic heterocycles. The number of hydrogen-bond acceptors (Lipinski definition) is 4. The number of carbonyl (C=O) groups is 1. The molecule has 0 aliphatic carbocycles. The van der Waals surface area contributed by atoms with Gasteiger partial charge in [0.05, 0.1) is 19.2 Å². The number of rotatable bonds is 6. The summed E-state index contributed by atoms with van der Waals surface area (Å²) in [6, 6.07) is 7.75. The molecular weight excluding hydrogens is 266 g/mol. The lowest BCUT2D eigenvalue weighted by Gasteiger charge is -2.28. The maximum Gasteiger partial charge on any atom is 0.236 e. The highest BCUT2D eigenvalue weighted by Gasteiger charge is 2.24. The van der Waals surface area contributed by atoms with Gasteiger partial charge in [-0.2, -0.15) is 0 Å². The van der Waals surface area contributed by atoms with Crippen molar-refractivity contribution in [3.8, 4) is 5.75 Å². The van der Waals surface area contributed by atoms with Gasteiger partial charge in [-0.3, -0.25) is 9.69 Å². The van der Waals surface area contributed by atoms with E-state index in [1.807, 2.05) is 18.2 Å². The minimum Gasteiger partial charge on any atom is -0.497 e. The van der Waals surface area contributed by atoms with Crippen molar-refractivity contribution in [2.24, 2.45) is 5.73 Å². The van der Waals surface area contributed by atoms with Gasteiger partial charge in [-0.05, 0) is 50.6 Å². The minimum atomic E-state index is -0.477. The molecule has 116 valence electrons. The molecule has 21 heavy (non-hydrogen) atoms. The lowest BCUT2D eigenvalue weighted by Crippen LogP contribution is -2.43. The van der Waals surface area contributed by atoms with Crippen LogP contribution in [-0.2, 0) is 4.79 Å². The number of amides is 1. The van der Waals surface area contributed by atoms with E-state index in [1.54, 1.807) is 14.0 Å². The maximum atomic E-state index is 11.7. The molecule has 1 aromatic rings. The van der Waals surface area contributed by atoms with Gasteiger partial charge in [-0.1, -0.05) is 12.1 Å². The fourth-order valence-corrected chi connectivity index (χ4v) is 2.72. The molecule has 3 N–H and O–H groups in total. The van der Waals surface area contributed by atoms with Gasteiger partial charge in [0.2, 0.25) is 5.91 Å². The summed E-state index contributed by atoms with van der Waals surface area (Å²) in [5, 5.41) is 2.95. The Balaban J connectivity index is 2.12. The Kier molecular flexibility index (Phi) is 5.59. The fraction of sp³-hybridized carbons (Fsp3) is 0.562. The Labute approximate surface area is 126 Å². The van der Waals surface area contributed by atoms with Crippen LogP contribution < -0.4 is 15.8 Å². The molecule has 1 aliphatic rings. The van der Waals surface area contributed by atoms with E-state index in [0.29, 0.717) is 6.54 Å². The van der Waals surface area contributed by atoms with Crippen LogP contribution in [0.4, 0.5) is 0 Å². The van der Waals surface area contributed by atoms with E-state index >= 15 is 0 Å². The predicted octanol–water partition coefficient (Wildman–Crippen LogP) is 1.30. The van der Waals surface area contributed by atoms with Crippen LogP contribution in [0, 0.1) is 0 Å². The topological polar surface area (TPSA) is 67.6 Å². The normalized spacial score (nSPS) is 18.2. The number of hydrogen-bond donors (Lipinski definition) is 2. The van der Waals surface area contributed by atoms with Crippen molar-refractivity contribution in [3.05, 3.63) is 29.8 Å². The van der Waals surface area contributed by atoms with E-state index in [9.17, 15) is 4.79 Å². The van der Waals surface area contributed by atoms with Crippen LogP contribution >= 0.6 is 0 Å². The Morgan fingerprint density at radius 2 is 2.14 bits per heavy atom. The van der Waals surface area contributed by atoms with Crippen LogP contribution in [0.25, 0.3) is 0 Å². The zero-order chi connectivity index (χ0) is 15.2. The minimum absolute atomic E-state index is 0.109. The third-order valence-electron chi connectivity index (χ3n) is 3.94. The van der Waals surface area contributed by atoms with Crippen molar-refractivity contribution in [2.75, 3.05) is 26.7 Å². The van der Waals surface area contributed by atoms with Gasteiger partial charge in [0.25, 0.3) is 0 Å². The molecule has 1 amide bonds. The second-order valence-corrected chi connectivity index (χ2v) is 5.57. The molecule has 2 rings (SSSR count). The van der Waals surface area contributed by atoms with Crippen LogP contribution in [0.1, 0.15) is 31.4 Å². The van der Waals surface area contributed by atoms with Crippen LogP contribution in [0.3, 0.4) is 0 Å². The van der Waals surface area contributed by atoms with Crippen LogP contribution in [-0.4, -0.2) is 43.6 Å². The van der Waals surface area contributed by atoms with Crippen molar-refractivity contribution in [1.29, 1.82) is 0 Å². The van der Waals surface area contributed by atoms with Crippen molar-refractivity contribution < 1.29 is 9.53 Å². The van der Waals surface area contributed by atoms with Crippen molar-refractivity contribution in [2.45, 2.75) is 31.8 Å². The smallest absolute Gasteiger partial charge is 0.236 e. The molecular formula is C16H25N3O2. The summed E-state index contributed by atoms with van der Waals surface area (Å²) >= 11 is 0. The van der Waals surface area contributed by atoms with Gasteiger partial charge in [-0.25, -0.2) is 0 Å². The summed E-state index contributed by atoms with van der Waals surface area (Å²) in [4.78, 5) is 14.2. The van der Waals surface area contributed by atoms with E-state index < -0.39 is 6.04 Å². The van der Waals surface area contributed by atoms with Gasteiger partial charge >= 0.3 is 0 Å². The summed E-state index contributed by atoms with van der Waals surface area (Å²) in [7, 11) is 1.67. The largest absolute Gasteiger partial charge is 0.497 e. The van der Waals surface area contributed by atoms with Crippen molar-refractivity contribution in [1.82, 2.24) is 10.2 Å². The standard InChI is InChI=1S/C16H25N3O2/c1-12(17)16(20)18-11-15(19-8-3-4-9-19)13-6-5-7-14(10-13)21-2/h5-7,10,12,15H,3-4,8-9,11,17H2,1-2H3,(H,18,20). The van der Waals surface area contributed by atoms with Gasteiger partial charge in [0.1, 0.15) is 5.75 Å². The summed E-state index contributed by atoms with van der Waals surface area (Å²) < 4.78 is 5.31. The quantitative estimate of drug-likeness (QED) is 0.829. The number of nitrogens with zero attached hydrogens (tertiary/aromatic N) is 1. The molecule has 0 radical (unpaired) electrons. The Morgan fingerprint density at radius 3 is 2.76 bits per heavy atom. The molecule has 1 saturated heterocycles. The van der Waals surface area contributed by atoms with Crippen molar-refractivity contribution >= 4 is 5.91 Å². The van der Waals surface area contributed by atoms with E-state index in [1.165, 1.54) is 18.4 Å². The summed E-state index contributed by atoms with van der Waals surface area (Å²) in [5.41, 5.74) is 6.78. The molecule has 5 nitrogen and oxygen atoms in total. The van der Waals surface area contributed by atoms with Crippen LogP contribution in [0.5, 0.6) is 5.75 Å². The first kappa shape index (κ1) is 15.8. The maximum absolute atomic E-state index is 11.7. The molecule has 0 aromatic heterocycles. The molecule has 1 fully saturated rings. The van der Waals surface area contributed by atoms with E-state index in [2.05, 4.69) is 16.3 Å². The molecule has 1 aromatic carbocycles. The summed E-state index contributed by atoms with van der Waals surface area (Å²) in [6.07, 6.45) is 2.42. The van der Waals surface area contributed by atoms with Gasteiger partial charge in [0.15, 0.2) is 0 Å². The van der Waals surface area contributed by atoms with E-state index in [4.69, 9.17) is 10.5 Å². The molecule has 0 saturated carbocycles. The third kappa shape index (κ3) is 4.19. The zero-order valence-electron chi connectivity index (χ0n) is 12.8. The molecule has 0 spiro atoms.